The van der Waals surface area contributed by atoms with Gasteiger partial charge in [0.25, 0.3) is 5.91 Å². The number of aliphatic hydroxyl groups is 1. The van der Waals surface area contributed by atoms with Crippen molar-refractivity contribution in [2.45, 2.75) is 37.8 Å². The maximum Gasteiger partial charge on any atom is 0.278 e. The van der Waals surface area contributed by atoms with Gasteiger partial charge in [-0.3, -0.25) is 4.79 Å². The molecule has 0 radical (unpaired) electrons. The van der Waals surface area contributed by atoms with Gasteiger partial charge in [0.15, 0.2) is 0 Å². The first-order valence-electron chi connectivity index (χ1n) is 11.6. The Morgan fingerprint density at radius 1 is 1.23 bits per heavy atom. The van der Waals surface area contributed by atoms with Gasteiger partial charge in [-0.25, -0.2) is 9.37 Å². The van der Waals surface area contributed by atoms with E-state index in [1.165, 1.54) is 12.1 Å². The minimum atomic E-state index is -1.03. The number of fused-ring (bicyclic) bond motifs is 1. The number of hydrogen-bond donors (Lipinski definition) is 1. The van der Waals surface area contributed by atoms with Gasteiger partial charge in [0.1, 0.15) is 22.9 Å². The second kappa shape index (κ2) is 9.11. The van der Waals surface area contributed by atoms with Crippen LogP contribution in [0.5, 0.6) is 5.75 Å². The van der Waals surface area contributed by atoms with Crippen LogP contribution in [-0.2, 0) is 10.3 Å². The number of benzene rings is 2. The van der Waals surface area contributed by atoms with E-state index < -0.39 is 5.54 Å². The number of hydrogen-bond acceptors (Lipinski definition) is 5. The van der Waals surface area contributed by atoms with E-state index >= 15 is 0 Å². The van der Waals surface area contributed by atoms with E-state index in [0.29, 0.717) is 23.6 Å². The van der Waals surface area contributed by atoms with Gasteiger partial charge in [-0.05, 0) is 67.7 Å². The largest absolute Gasteiger partial charge is 0.495 e. The van der Waals surface area contributed by atoms with E-state index in [1.54, 1.807) is 31.6 Å². The normalized spacial score (nSPS) is 21.9. The predicted molar refractivity (Wildman–Crippen MR) is 131 cm³/mol. The fraction of sp³-hybridized carbons (Fsp3) is 0.296. The van der Waals surface area contributed by atoms with Gasteiger partial charge in [-0.2, -0.15) is 4.99 Å². The van der Waals surface area contributed by atoms with Gasteiger partial charge in [-0.15, -0.1) is 0 Å². The van der Waals surface area contributed by atoms with E-state index in [9.17, 15) is 14.3 Å². The number of aliphatic hydroxyl groups excluding tert-OH is 1. The van der Waals surface area contributed by atoms with Crippen LogP contribution >= 0.6 is 0 Å². The number of carbonyl (C=O) groups excluding carboxylic acids is 1. The number of halogens is 1. The molecule has 5 rings (SSSR count). The summed E-state index contributed by atoms with van der Waals surface area (Å²) in [5.74, 6) is 0.526. The second-order valence-electron chi connectivity index (χ2n) is 8.93. The molecule has 0 aliphatic carbocycles. The zero-order valence-corrected chi connectivity index (χ0v) is 19.7. The molecule has 1 N–H and O–H groups in total. The van der Waals surface area contributed by atoms with Crippen molar-refractivity contribution in [1.29, 1.82) is 0 Å². The number of aryl methyl sites for hydroxylation is 1. The first-order chi connectivity index (χ1) is 17.0. The quantitative estimate of drug-likeness (QED) is 0.584. The summed E-state index contributed by atoms with van der Waals surface area (Å²) in [5.41, 5.74) is 2.31. The lowest BCUT2D eigenvalue weighted by molar-refractivity contribution is -0.129. The summed E-state index contributed by atoms with van der Waals surface area (Å²) in [4.78, 5) is 23.9. The zero-order valence-electron chi connectivity index (χ0n) is 19.7. The maximum atomic E-state index is 13.6. The predicted octanol–water partition coefficient (Wildman–Crippen LogP) is 4.02. The van der Waals surface area contributed by atoms with Gasteiger partial charge in [0.05, 0.1) is 37.5 Å². The molecule has 3 aromatic rings. The number of piperidine rings is 1. The number of amides is 1. The van der Waals surface area contributed by atoms with Crippen molar-refractivity contribution in [3.8, 4) is 11.4 Å². The molecule has 8 heteroatoms. The fourth-order valence-electron chi connectivity index (χ4n) is 5.16. The van der Waals surface area contributed by atoms with Crippen LogP contribution in [0.4, 0.5) is 4.39 Å². The summed E-state index contributed by atoms with van der Waals surface area (Å²) < 4.78 is 21.1. The Balaban J connectivity index is 1.49. The number of imidazole rings is 1. The molecular formula is C27H27FN4O3. The smallest absolute Gasteiger partial charge is 0.278 e. The van der Waals surface area contributed by atoms with Crippen molar-refractivity contribution in [1.82, 2.24) is 14.5 Å². The van der Waals surface area contributed by atoms with Gasteiger partial charge in [0, 0.05) is 6.20 Å². The van der Waals surface area contributed by atoms with E-state index in [1.807, 2.05) is 46.9 Å². The molecule has 1 fully saturated rings. The second-order valence-corrected chi connectivity index (χ2v) is 8.93. The molecule has 2 atom stereocenters. The van der Waals surface area contributed by atoms with Crippen LogP contribution < -0.4 is 4.74 Å². The van der Waals surface area contributed by atoms with E-state index in [4.69, 9.17) is 4.74 Å². The number of nitrogens with zero attached hydrogens (tertiary/aromatic N) is 4. The molecule has 35 heavy (non-hydrogen) atoms. The molecule has 0 saturated carbocycles. The number of methoxy groups -OCH3 is 1. The fourth-order valence-corrected chi connectivity index (χ4v) is 5.16. The Bertz CT molecular complexity index is 1310. The Morgan fingerprint density at radius 3 is 2.71 bits per heavy atom. The van der Waals surface area contributed by atoms with Gasteiger partial charge in [0.2, 0.25) is 0 Å². The highest BCUT2D eigenvalue weighted by Gasteiger charge is 2.54. The molecule has 2 aromatic carbocycles. The van der Waals surface area contributed by atoms with E-state index in [2.05, 4.69) is 9.98 Å². The summed E-state index contributed by atoms with van der Waals surface area (Å²) in [6.45, 7) is 1.83. The van der Waals surface area contributed by atoms with Crippen molar-refractivity contribution in [3.63, 3.8) is 0 Å². The third-order valence-corrected chi connectivity index (χ3v) is 6.82. The van der Waals surface area contributed by atoms with Crippen molar-refractivity contribution in [2.75, 3.05) is 13.7 Å². The number of aliphatic imine (C=N–C) groups is 1. The van der Waals surface area contributed by atoms with Gasteiger partial charge < -0.3 is 19.3 Å². The molecule has 3 heterocycles. The first kappa shape index (κ1) is 23.0. The Morgan fingerprint density at radius 2 is 2.03 bits per heavy atom. The number of amidine groups is 1. The lowest BCUT2D eigenvalue weighted by Gasteiger charge is -2.46. The summed E-state index contributed by atoms with van der Waals surface area (Å²) in [6.07, 6.45) is 9.40. The molecular weight excluding hydrogens is 447 g/mol. The number of carbonyl (C=O) groups is 1. The van der Waals surface area contributed by atoms with Crippen molar-refractivity contribution in [2.24, 2.45) is 4.99 Å². The van der Waals surface area contributed by atoms with Crippen LogP contribution in [0.3, 0.4) is 0 Å². The van der Waals surface area contributed by atoms with Crippen LogP contribution in [0, 0.1) is 12.7 Å². The molecule has 2 aliphatic heterocycles. The van der Waals surface area contributed by atoms with Gasteiger partial charge in [-0.1, -0.05) is 24.3 Å². The molecule has 1 saturated heterocycles. The standard InChI is InChI=1S/C27H27FN4O3/c1-18-15-31(17-29-18)23-11-5-19(14-24(23)35-2)6-12-25-30-26(34)27(20-7-9-21(28)10-8-20)13-3-4-22(16-33)32(25)27/h5-12,14-15,17,22,33H,3-4,13,16H2,1-2H3/b12-6+. The summed E-state index contributed by atoms with van der Waals surface area (Å²) >= 11 is 0. The first-order valence-corrected chi connectivity index (χ1v) is 11.6. The third kappa shape index (κ3) is 3.93. The topological polar surface area (TPSA) is 80.0 Å². The molecule has 2 unspecified atom stereocenters. The van der Waals surface area contributed by atoms with Crippen molar-refractivity contribution in [3.05, 3.63) is 83.7 Å². The highest BCUT2D eigenvalue weighted by Crippen LogP contribution is 2.45. The molecule has 1 amide bonds. The molecule has 0 spiro atoms. The van der Waals surface area contributed by atoms with Crippen LogP contribution in [0.15, 0.2) is 66.1 Å². The zero-order chi connectivity index (χ0) is 24.6. The average molecular weight is 475 g/mol. The number of aromatic nitrogens is 2. The van der Waals surface area contributed by atoms with Crippen LogP contribution in [-0.4, -0.2) is 51.1 Å². The average Bonchev–Trinajstić information content (AvgIpc) is 3.44. The third-order valence-electron chi connectivity index (χ3n) is 6.82. The molecule has 1 aromatic heterocycles. The number of ether oxygens (including phenoxy) is 1. The van der Waals surface area contributed by atoms with Crippen LogP contribution in [0.25, 0.3) is 11.8 Å². The van der Waals surface area contributed by atoms with Crippen molar-refractivity contribution < 1.29 is 19.0 Å². The molecule has 0 bridgehead atoms. The highest BCUT2D eigenvalue weighted by molar-refractivity contribution is 6.12. The minimum absolute atomic E-state index is 0.101. The van der Waals surface area contributed by atoms with Crippen LogP contribution in [0.1, 0.15) is 36.1 Å². The maximum absolute atomic E-state index is 13.6. The molecule has 2 aliphatic rings. The minimum Gasteiger partial charge on any atom is -0.495 e. The Labute approximate surface area is 203 Å². The van der Waals surface area contributed by atoms with E-state index in [-0.39, 0.29) is 24.4 Å². The lowest BCUT2D eigenvalue weighted by atomic mass is 9.78. The summed E-state index contributed by atoms with van der Waals surface area (Å²) in [7, 11) is 1.62. The van der Waals surface area contributed by atoms with E-state index in [0.717, 1.165) is 29.8 Å². The molecule has 7 nitrogen and oxygen atoms in total. The monoisotopic (exact) mass is 474 g/mol. The van der Waals surface area contributed by atoms with Gasteiger partial charge >= 0.3 is 0 Å². The SMILES string of the molecule is COc1cc(/C=C/C2=NC(=O)C3(c4ccc(F)cc4)CCCC(CO)N23)ccc1-n1cnc(C)c1. The van der Waals surface area contributed by atoms with Crippen molar-refractivity contribution >= 4 is 17.8 Å². The summed E-state index contributed by atoms with van der Waals surface area (Å²) in [5, 5.41) is 10.1. The molecule has 180 valence electrons. The lowest BCUT2D eigenvalue weighted by Crippen LogP contribution is -2.57. The number of rotatable bonds is 6. The summed E-state index contributed by atoms with van der Waals surface area (Å²) in [6, 6.07) is 11.6. The van der Waals surface area contributed by atoms with Crippen LogP contribution in [0.2, 0.25) is 0 Å². The Hall–Kier alpha value is -3.78. The Kier molecular flexibility index (Phi) is 5.98. The highest BCUT2D eigenvalue weighted by atomic mass is 19.1.